The molecule has 0 radical (unpaired) electrons. The molecule has 0 bridgehead atoms. The zero-order valence-corrected chi connectivity index (χ0v) is 9.85. The van der Waals surface area contributed by atoms with Crippen LogP contribution in [0, 0.1) is 11.6 Å². The molecule has 0 spiro atoms. The van der Waals surface area contributed by atoms with E-state index in [9.17, 15) is 13.6 Å². The summed E-state index contributed by atoms with van der Waals surface area (Å²) in [5, 5.41) is 0. The van der Waals surface area contributed by atoms with Gasteiger partial charge >= 0.3 is 6.09 Å². The molecule has 0 aliphatic heterocycles. The molecule has 0 aliphatic rings. The van der Waals surface area contributed by atoms with E-state index in [1.54, 1.807) is 12.1 Å². The molecule has 2 rings (SSSR count). The van der Waals surface area contributed by atoms with Gasteiger partial charge in [0.05, 0.1) is 0 Å². The summed E-state index contributed by atoms with van der Waals surface area (Å²) in [6.45, 7) is 0. The minimum absolute atomic E-state index is 0.379. The van der Waals surface area contributed by atoms with Crippen LogP contribution in [0.2, 0.25) is 0 Å². The summed E-state index contributed by atoms with van der Waals surface area (Å²) >= 11 is 0. The molecule has 0 unspecified atom stereocenters. The van der Waals surface area contributed by atoms with Crippen molar-refractivity contribution >= 4 is 6.09 Å². The fourth-order valence-corrected chi connectivity index (χ4v) is 1.78. The van der Waals surface area contributed by atoms with Crippen molar-refractivity contribution in [3.05, 3.63) is 71.3 Å². The zero-order valence-electron chi connectivity index (χ0n) is 9.85. The maximum Gasteiger partial charge on any atom is 0.405 e. The van der Waals surface area contributed by atoms with Gasteiger partial charge in [-0.2, -0.15) is 0 Å². The van der Waals surface area contributed by atoms with E-state index in [0.717, 1.165) is 0 Å². The molecule has 1 amide bonds. The van der Waals surface area contributed by atoms with E-state index in [2.05, 4.69) is 0 Å². The average Bonchev–Trinajstić information content (AvgIpc) is 2.35. The molecule has 0 fully saturated rings. The number of primary amides is 1. The standard InChI is InChI=1S/C14H11F2NO2/c15-11-5-1-3-9(7-11)13(19-14(17)18)10-4-2-6-12(16)8-10/h1-8,13H,(H2,17,18). The molecular formula is C14H11F2NO2. The lowest BCUT2D eigenvalue weighted by atomic mass is 10.0. The highest BCUT2D eigenvalue weighted by molar-refractivity contribution is 5.65. The molecule has 19 heavy (non-hydrogen) atoms. The second-order valence-electron chi connectivity index (χ2n) is 3.93. The smallest absolute Gasteiger partial charge is 0.405 e. The number of rotatable bonds is 3. The van der Waals surface area contributed by atoms with Crippen LogP contribution >= 0.6 is 0 Å². The molecule has 2 N–H and O–H groups in total. The van der Waals surface area contributed by atoms with Gasteiger partial charge in [-0.05, 0) is 35.4 Å². The van der Waals surface area contributed by atoms with Crippen molar-refractivity contribution in [2.75, 3.05) is 0 Å². The third kappa shape index (κ3) is 3.28. The molecule has 5 heteroatoms. The van der Waals surface area contributed by atoms with E-state index in [1.165, 1.54) is 36.4 Å². The summed E-state index contributed by atoms with van der Waals surface area (Å²) in [6.07, 6.45) is -1.96. The number of benzene rings is 2. The number of ether oxygens (including phenoxy) is 1. The molecule has 2 aromatic carbocycles. The van der Waals surface area contributed by atoms with Gasteiger partial charge in [-0.15, -0.1) is 0 Å². The minimum Gasteiger partial charge on any atom is -0.437 e. The Morgan fingerprint density at radius 1 is 1.00 bits per heavy atom. The van der Waals surface area contributed by atoms with Crippen LogP contribution in [0.25, 0.3) is 0 Å². The lowest BCUT2D eigenvalue weighted by molar-refractivity contribution is 0.126. The average molecular weight is 263 g/mol. The highest BCUT2D eigenvalue weighted by atomic mass is 19.1. The second kappa shape index (κ2) is 5.48. The summed E-state index contributed by atoms with van der Waals surface area (Å²) < 4.78 is 31.4. The van der Waals surface area contributed by atoms with Gasteiger partial charge in [0.2, 0.25) is 0 Å². The highest BCUT2D eigenvalue weighted by Crippen LogP contribution is 2.26. The molecular weight excluding hydrogens is 252 g/mol. The zero-order chi connectivity index (χ0) is 13.8. The predicted octanol–water partition coefficient (Wildman–Crippen LogP) is 3.15. The lowest BCUT2D eigenvalue weighted by Crippen LogP contribution is -2.18. The number of hydrogen-bond acceptors (Lipinski definition) is 2. The first-order chi connectivity index (χ1) is 9.06. The Balaban J connectivity index is 2.44. The fraction of sp³-hybridized carbons (Fsp3) is 0.0714. The van der Waals surface area contributed by atoms with E-state index in [4.69, 9.17) is 10.5 Å². The quantitative estimate of drug-likeness (QED) is 0.924. The monoisotopic (exact) mass is 263 g/mol. The van der Waals surface area contributed by atoms with Gasteiger partial charge in [-0.1, -0.05) is 24.3 Å². The van der Waals surface area contributed by atoms with Crippen molar-refractivity contribution in [3.63, 3.8) is 0 Å². The summed E-state index contributed by atoms with van der Waals surface area (Å²) in [6, 6.07) is 11.0. The Morgan fingerprint density at radius 3 is 1.84 bits per heavy atom. The van der Waals surface area contributed by atoms with Crippen LogP contribution in [0.5, 0.6) is 0 Å². The molecule has 0 atom stereocenters. The third-order valence-corrected chi connectivity index (χ3v) is 2.54. The van der Waals surface area contributed by atoms with Crippen LogP contribution in [-0.4, -0.2) is 6.09 Å². The Bertz CT molecular complexity index is 556. The number of amides is 1. The number of carbonyl (C=O) groups excluding carboxylic acids is 1. The molecule has 2 aromatic rings. The van der Waals surface area contributed by atoms with Crippen molar-refractivity contribution in [2.45, 2.75) is 6.10 Å². The van der Waals surface area contributed by atoms with Gasteiger partial charge < -0.3 is 10.5 Å². The first-order valence-electron chi connectivity index (χ1n) is 5.53. The van der Waals surface area contributed by atoms with Crippen molar-refractivity contribution < 1.29 is 18.3 Å². The number of nitrogens with two attached hydrogens (primary N) is 1. The molecule has 0 saturated heterocycles. The van der Waals surface area contributed by atoms with Crippen molar-refractivity contribution in [2.24, 2.45) is 5.73 Å². The topological polar surface area (TPSA) is 52.3 Å². The second-order valence-corrected chi connectivity index (χ2v) is 3.93. The summed E-state index contributed by atoms with van der Waals surface area (Å²) in [7, 11) is 0. The number of hydrogen-bond donors (Lipinski definition) is 1. The van der Waals surface area contributed by atoms with Gasteiger partial charge in [0, 0.05) is 0 Å². The van der Waals surface area contributed by atoms with Gasteiger partial charge in [0.25, 0.3) is 0 Å². The van der Waals surface area contributed by atoms with Crippen LogP contribution in [0.4, 0.5) is 13.6 Å². The fourth-order valence-electron chi connectivity index (χ4n) is 1.78. The van der Waals surface area contributed by atoms with Gasteiger partial charge in [0.15, 0.2) is 6.10 Å². The Labute approximate surface area is 108 Å². The van der Waals surface area contributed by atoms with E-state index in [-0.39, 0.29) is 0 Å². The normalized spacial score (nSPS) is 10.5. The summed E-state index contributed by atoms with van der Waals surface area (Å²) in [4.78, 5) is 10.9. The van der Waals surface area contributed by atoms with E-state index >= 15 is 0 Å². The van der Waals surface area contributed by atoms with Gasteiger partial charge in [0.1, 0.15) is 11.6 Å². The largest absolute Gasteiger partial charge is 0.437 e. The summed E-state index contributed by atoms with van der Waals surface area (Å²) in [5.41, 5.74) is 5.75. The minimum atomic E-state index is -1.02. The van der Waals surface area contributed by atoms with Gasteiger partial charge in [-0.25, -0.2) is 13.6 Å². The van der Waals surface area contributed by atoms with Crippen molar-refractivity contribution in [3.8, 4) is 0 Å². The van der Waals surface area contributed by atoms with Crippen LogP contribution < -0.4 is 5.73 Å². The van der Waals surface area contributed by atoms with Crippen LogP contribution in [0.1, 0.15) is 17.2 Å². The van der Waals surface area contributed by atoms with E-state index < -0.39 is 23.8 Å². The first-order valence-corrected chi connectivity index (χ1v) is 5.53. The summed E-state index contributed by atoms with van der Waals surface area (Å²) in [5.74, 6) is -0.959. The van der Waals surface area contributed by atoms with Gasteiger partial charge in [-0.3, -0.25) is 0 Å². The molecule has 0 aromatic heterocycles. The Hall–Kier alpha value is -2.43. The Kier molecular flexibility index (Phi) is 3.75. The molecule has 98 valence electrons. The molecule has 3 nitrogen and oxygen atoms in total. The van der Waals surface area contributed by atoms with E-state index in [1.807, 2.05) is 0 Å². The first kappa shape index (κ1) is 13.0. The number of carbonyl (C=O) groups is 1. The van der Waals surface area contributed by atoms with Crippen LogP contribution in [0.15, 0.2) is 48.5 Å². The lowest BCUT2D eigenvalue weighted by Gasteiger charge is -2.17. The van der Waals surface area contributed by atoms with Crippen LogP contribution in [0.3, 0.4) is 0 Å². The third-order valence-electron chi connectivity index (χ3n) is 2.54. The van der Waals surface area contributed by atoms with Crippen molar-refractivity contribution in [1.29, 1.82) is 0 Å². The highest BCUT2D eigenvalue weighted by Gasteiger charge is 2.18. The maximum atomic E-state index is 13.2. The predicted molar refractivity (Wildman–Crippen MR) is 65.3 cm³/mol. The SMILES string of the molecule is NC(=O)OC(c1cccc(F)c1)c1cccc(F)c1. The maximum absolute atomic E-state index is 13.2. The number of halogens is 2. The van der Waals surface area contributed by atoms with Crippen LogP contribution in [-0.2, 0) is 4.74 Å². The molecule has 0 heterocycles. The van der Waals surface area contributed by atoms with E-state index in [0.29, 0.717) is 11.1 Å². The molecule has 0 aliphatic carbocycles. The van der Waals surface area contributed by atoms with Crippen molar-refractivity contribution in [1.82, 2.24) is 0 Å². The Morgan fingerprint density at radius 2 is 1.47 bits per heavy atom. The molecule has 0 saturated carbocycles.